The maximum absolute atomic E-state index is 11.3. The third-order valence-corrected chi connectivity index (χ3v) is 2.11. The van der Waals surface area contributed by atoms with Gasteiger partial charge in [-0.05, 0) is 25.5 Å². The normalized spacial score (nSPS) is 9.73. The number of hydrogen-bond donors (Lipinski definition) is 1. The Kier molecular flexibility index (Phi) is 4.03. The van der Waals surface area contributed by atoms with E-state index in [1.54, 1.807) is 6.07 Å². The second-order valence-electron chi connectivity index (χ2n) is 3.46. The molecule has 3 nitrogen and oxygen atoms in total. The molecule has 0 radical (unpaired) electrons. The molecule has 1 aromatic rings. The number of benzene rings is 1. The summed E-state index contributed by atoms with van der Waals surface area (Å²) in [4.78, 5) is 21.8. The summed E-state index contributed by atoms with van der Waals surface area (Å²) >= 11 is 0. The monoisotopic (exact) mass is 205 g/mol. The Hall–Kier alpha value is -1.64. The fourth-order valence-corrected chi connectivity index (χ4v) is 1.34. The first kappa shape index (κ1) is 11.4. The average Bonchev–Trinajstić information content (AvgIpc) is 2.26. The second kappa shape index (κ2) is 5.29. The minimum absolute atomic E-state index is 0.353. The Labute approximate surface area is 89.5 Å². The molecule has 0 fully saturated rings. The van der Waals surface area contributed by atoms with Crippen LogP contribution in [0.2, 0.25) is 0 Å². The molecular formula is C12H15NO2. The molecule has 0 saturated heterocycles. The summed E-state index contributed by atoms with van der Waals surface area (Å²) in [5.41, 5.74) is 2.17. The van der Waals surface area contributed by atoms with Crippen LogP contribution in [0.4, 0.5) is 5.69 Å². The van der Waals surface area contributed by atoms with Gasteiger partial charge in [0, 0.05) is 17.8 Å². The highest BCUT2D eigenvalue weighted by Crippen LogP contribution is 2.17. The summed E-state index contributed by atoms with van der Waals surface area (Å²) in [5, 5.41) is 3.13. The molecule has 0 unspecified atom stereocenters. The van der Waals surface area contributed by atoms with Crippen LogP contribution < -0.4 is 5.32 Å². The summed E-state index contributed by atoms with van der Waals surface area (Å²) in [6, 6.07) is 5.48. The van der Waals surface area contributed by atoms with Crippen molar-refractivity contribution in [1.82, 2.24) is 0 Å². The number of Topliss-reactive ketones (excluding diaryl/α,β-unsaturated/α-hetero) is 1. The predicted octanol–water partition coefficient (Wildman–Crippen LogP) is 2.20. The Bertz CT molecular complexity index is 372. The molecule has 0 spiro atoms. The molecule has 15 heavy (non-hydrogen) atoms. The van der Waals surface area contributed by atoms with E-state index in [1.807, 2.05) is 26.0 Å². The van der Waals surface area contributed by atoms with Crippen molar-refractivity contribution in [1.29, 1.82) is 0 Å². The number of anilines is 1. The Morgan fingerprint density at radius 2 is 2.20 bits per heavy atom. The lowest BCUT2D eigenvalue weighted by molar-refractivity contribution is -0.104. The van der Waals surface area contributed by atoms with Gasteiger partial charge in [0.2, 0.25) is 5.78 Å². The topological polar surface area (TPSA) is 46.2 Å². The number of aldehydes is 1. The molecular weight excluding hydrogens is 190 g/mol. The zero-order valence-corrected chi connectivity index (χ0v) is 9.04. The quantitative estimate of drug-likeness (QED) is 0.455. The van der Waals surface area contributed by atoms with E-state index in [2.05, 4.69) is 5.32 Å². The molecule has 0 heterocycles. The molecule has 80 valence electrons. The number of hydrogen-bond acceptors (Lipinski definition) is 3. The summed E-state index contributed by atoms with van der Waals surface area (Å²) in [7, 11) is 0. The van der Waals surface area contributed by atoms with Crippen LogP contribution in [0.1, 0.15) is 29.3 Å². The van der Waals surface area contributed by atoms with Crippen molar-refractivity contribution in [3.05, 3.63) is 29.3 Å². The Balaban J connectivity index is 3.02. The lowest BCUT2D eigenvalue weighted by atomic mass is 10.1. The zero-order chi connectivity index (χ0) is 11.3. The maximum atomic E-state index is 11.3. The van der Waals surface area contributed by atoms with Gasteiger partial charge in [0.15, 0.2) is 6.29 Å². The van der Waals surface area contributed by atoms with E-state index < -0.39 is 5.78 Å². The van der Waals surface area contributed by atoms with Gasteiger partial charge in [-0.2, -0.15) is 0 Å². The van der Waals surface area contributed by atoms with Crippen molar-refractivity contribution in [3.8, 4) is 0 Å². The Morgan fingerprint density at radius 3 is 2.80 bits per heavy atom. The molecule has 1 rings (SSSR count). The summed E-state index contributed by atoms with van der Waals surface area (Å²) in [6.45, 7) is 4.73. The van der Waals surface area contributed by atoms with Crippen molar-refractivity contribution in [3.63, 3.8) is 0 Å². The van der Waals surface area contributed by atoms with Gasteiger partial charge in [0.25, 0.3) is 0 Å². The number of nitrogens with one attached hydrogen (secondary N) is 1. The highest BCUT2D eigenvalue weighted by molar-refractivity contribution is 6.34. The average molecular weight is 205 g/mol. The molecule has 0 aliphatic heterocycles. The van der Waals surface area contributed by atoms with Gasteiger partial charge in [-0.25, -0.2) is 0 Å². The van der Waals surface area contributed by atoms with Crippen LogP contribution in [0, 0.1) is 6.92 Å². The van der Waals surface area contributed by atoms with Gasteiger partial charge in [0.1, 0.15) is 0 Å². The minimum Gasteiger partial charge on any atom is -0.384 e. The first-order chi connectivity index (χ1) is 7.19. The van der Waals surface area contributed by atoms with Crippen LogP contribution in [-0.2, 0) is 4.79 Å². The summed E-state index contributed by atoms with van der Waals surface area (Å²) in [5.74, 6) is -0.475. The fourth-order valence-electron chi connectivity index (χ4n) is 1.34. The van der Waals surface area contributed by atoms with Crippen molar-refractivity contribution >= 4 is 17.8 Å². The number of ketones is 1. The molecule has 3 heteroatoms. The van der Waals surface area contributed by atoms with Gasteiger partial charge in [0.05, 0.1) is 0 Å². The van der Waals surface area contributed by atoms with Gasteiger partial charge in [-0.15, -0.1) is 0 Å². The van der Waals surface area contributed by atoms with Crippen LogP contribution in [0.3, 0.4) is 0 Å². The molecule has 0 aliphatic rings. The van der Waals surface area contributed by atoms with Crippen LogP contribution in [0.5, 0.6) is 0 Å². The van der Waals surface area contributed by atoms with Gasteiger partial charge >= 0.3 is 0 Å². The highest BCUT2D eigenvalue weighted by atomic mass is 16.2. The molecule has 0 bridgehead atoms. The van der Waals surface area contributed by atoms with Crippen molar-refractivity contribution in [2.24, 2.45) is 0 Å². The van der Waals surface area contributed by atoms with Crippen molar-refractivity contribution in [2.45, 2.75) is 20.3 Å². The largest absolute Gasteiger partial charge is 0.384 e. The lowest BCUT2D eigenvalue weighted by Gasteiger charge is -2.09. The number of aryl methyl sites for hydroxylation is 1. The third-order valence-electron chi connectivity index (χ3n) is 2.11. The zero-order valence-electron chi connectivity index (χ0n) is 9.04. The predicted molar refractivity (Wildman–Crippen MR) is 60.4 cm³/mol. The SMILES string of the molecule is CCCNc1ccc(C)cc1C(=O)C=O. The van der Waals surface area contributed by atoms with Crippen LogP contribution in [0.25, 0.3) is 0 Å². The summed E-state index contributed by atoms with van der Waals surface area (Å²) < 4.78 is 0. The molecule has 0 aromatic heterocycles. The standard InChI is InChI=1S/C12H15NO2/c1-3-6-13-11-5-4-9(2)7-10(11)12(15)8-14/h4-5,7-8,13H,3,6H2,1-2H3. The number of carbonyl (C=O) groups excluding carboxylic acids is 2. The Morgan fingerprint density at radius 1 is 1.47 bits per heavy atom. The lowest BCUT2D eigenvalue weighted by Crippen LogP contribution is -2.08. The second-order valence-corrected chi connectivity index (χ2v) is 3.46. The van der Waals surface area contributed by atoms with E-state index in [9.17, 15) is 9.59 Å². The van der Waals surface area contributed by atoms with E-state index in [4.69, 9.17) is 0 Å². The number of carbonyl (C=O) groups is 2. The van der Waals surface area contributed by atoms with Gasteiger partial charge < -0.3 is 5.32 Å². The molecule has 0 saturated carbocycles. The maximum Gasteiger partial charge on any atom is 0.227 e. The van der Waals surface area contributed by atoms with Gasteiger partial charge in [-0.1, -0.05) is 18.6 Å². The summed E-state index contributed by atoms with van der Waals surface area (Å²) in [6.07, 6.45) is 1.33. The molecule has 0 amide bonds. The molecule has 0 aliphatic carbocycles. The third kappa shape index (κ3) is 2.91. The van der Waals surface area contributed by atoms with Crippen LogP contribution >= 0.6 is 0 Å². The first-order valence-electron chi connectivity index (χ1n) is 5.03. The fraction of sp³-hybridized carbons (Fsp3) is 0.333. The molecule has 1 N–H and O–H groups in total. The molecule has 0 atom stereocenters. The van der Waals surface area contributed by atoms with Crippen molar-refractivity contribution in [2.75, 3.05) is 11.9 Å². The highest BCUT2D eigenvalue weighted by Gasteiger charge is 2.09. The van der Waals surface area contributed by atoms with E-state index >= 15 is 0 Å². The number of rotatable bonds is 5. The molecule has 1 aromatic carbocycles. The van der Waals surface area contributed by atoms with Crippen LogP contribution in [-0.4, -0.2) is 18.6 Å². The smallest absolute Gasteiger partial charge is 0.227 e. The van der Waals surface area contributed by atoms with E-state index in [1.165, 1.54) is 0 Å². The van der Waals surface area contributed by atoms with E-state index in [0.29, 0.717) is 11.8 Å². The van der Waals surface area contributed by atoms with E-state index in [-0.39, 0.29) is 0 Å². The minimum atomic E-state index is -0.475. The first-order valence-corrected chi connectivity index (χ1v) is 5.03. The van der Waals surface area contributed by atoms with Crippen molar-refractivity contribution < 1.29 is 9.59 Å². The van der Waals surface area contributed by atoms with Crippen LogP contribution in [0.15, 0.2) is 18.2 Å². The van der Waals surface area contributed by atoms with E-state index in [0.717, 1.165) is 24.2 Å². The van der Waals surface area contributed by atoms with Gasteiger partial charge in [-0.3, -0.25) is 9.59 Å².